The third-order valence-electron chi connectivity index (χ3n) is 3.48. The van der Waals surface area contributed by atoms with Gasteiger partial charge in [-0.3, -0.25) is 0 Å². The Morgan fingerprint density at radius 2 is 1.35 bits per heavy atom. The monoisotopic (exact) mass is 263 g/mol. The number of allylic oxidation sites excluding steroid dienone is 4. The van der Waals surface area contributed by atoms with E-state index in [-0.39, 0.29) is 0 Å². The predicted octanol–water partition coefficient (Wildman–Crippen LogP) is 5.13. The third kappa shape index (κ3) is 3.61. The van der Waals surface area contributed by atoms with Crippen molar-refractivity contribution in [3.8, 4) is 0 Å². The highest BCUT2D eigenvalue weighted by Gasteiger charge is 2.00. The van der Waals surface area contributed by atoms with Crippen molar-refractivity contribution >= 4 is 11.3 Å². The van der Waals surface area contributed by atoms with Gasteiger partial charge in [0.05, 0.1) is 0 Å². The smallest absolute Gasteiger partial charge is 0.0405 e. The molecule has 0 spiro atoms. The standard InChI is InChI=1S/C19H21N/c1-16(18-10-6-4-7-11-18)14-15-17(2)20(3)19-12-8-5-9-13-19/h4-15H,1-3H3/b16-14+,17-15+. The Balaban J connectivity index is 2.15. The van der Waals surface area contributed by atoms with E-state index in [9.17, 15) is 0 Å². The summed E-state index contributed by atoms with van der Waals surface area (Å²) in [5.74, 6) is 0. The van der Waals surface area contributed by atoms with Gasteiger partial charge in [-0.05, 0) is 43.2 Å². The van der Waals surface area contributed by atoms with E-state index in [0.717, 1.165) is 0 Å². The van der Waals surface area contributed by atoms with E-state index in [1.165, 1.54) is 22.5 Å². The zero-order valence-electron chi connectivity index (χ0n) is 12.4. The summed E-state index contributed by atoms with van der Waals surface area (Å²) in [6.45, 7) is 4.27. The first-order valence-corrected chi connectivity index (χ1v) is 6.88. The molecule has 2 rings (SSSR count). The molecule has 0 N–H and O–H groups in total. The van der Waals surface area contributed by atoms with E-state index in [1.54, 1.807) is 0 Å². The van der Waals surface area contributed by atoms with Gasteiger partial charge in [0, 0.05) is 18.4 Å². The van der Waals surface area contributed by atoms with Crippen molar-refractivity contribution < 1.29 is 0 Å². The Kier molecular flexibility index (Phi) is 4.78. The maximum Gasteiger partial charge on any atom is 0.0405 e. The van der Waals surface area contributed by atoms with Gasteiger partial charge in [-0.2, -0.15) is 0 Å². The summed E-state index contributed by atoms with van der Waals surface area (Å²) >= 11 is 0. The molecule has 0 aromatic heterocycles. The molecule has 0 heterocycles. The summed E-state index contributed by atoms with van der Waals surface area (Å²) in [5, 5.41) is 0. The minimum Gasteiger partial charge on any atom is -0.348 e. The van der Waals surface area contributed by atoms with Crippen LogP contribution < -0.4 is 4.90 Å². The molecule has 0 saturated carbocycles. The van der Waals surface area contributed by atoms with Crippen LogP contribution in [0.2, 0.25) is 0 Å². The number of nitrogens with zero attached hydrogens (tertiary/aromatic N) is 1. The lowest BCUT2D eigenvalue weighted by Crippen LogP contribution is -2.13. The molecule has 0 amide bonds. The number of benzene rings is 2. The minimum absolute atomic E-state index is 1.20. The highest BCUT2D eigenvalue weighted by Crippen LogP contribution is 2.18. The first-order chi connectivity index (χ1) is 9.68. The molecule has 2 aromatic carbocycles. The van der Waals surface area contributed by atoms with Crippen molar-refractivity contribution in [1.82, 2.24) is 0 Å². The van der Waals surface area contributed by atoms with Gasteiger partial charge in [-0.1, -0.05) is 54.6 Å². The number of hydrogen-bond acceptors (Lipinski definition) is 1. The van der Waals surface area contributed by atoms with Gasteiger partial charge in [0.1, 0.15) is 0 Å². The molecule has 0 fully saturated rings. The summed E-state index contributed by atoms with van der Waals surface area (Å²) < 4.78 is 0. The number of hydrogen-bond donors (Lipinski definition) is 0. The van der Waals surface area contributed by atoms with Gasteiger partial charge in [0.25, 0.3) is 0 Å². The van der Waals surface area contributed by atoms with Crippen LogP contribution in [0.3, 0.4) is 0 Å². The van der Waals surface area contributed by atoms with Gasteiger partial charge < -0.3 is 4.90 Å². The Bertz CT molecular complexity index is 594. The summed E-state index contributed by atoms with van der Waals surface area (Å²) in [6, 6.07) is 20.8. The number of anilines is 1. The molecule has 0 aliphatic heterocycles. The Morgan fingerprint density at radius 3 is 1.95 bits per heavy atom. The molecule has 0 unspecified atom stereocenters. The summed E-state index contributed by atoms with van der Waals surface area (Å²) in [6.07, 6.45) is 4.33. The van der Waals surface area contributed by atoms with Crippen molar-refractivity contribution in [3.63, 3.8) is 0 Å². The lowest BCUT2D eigenvalue weighted by Gasteiger charge is -2.19. The third-order valence-corrected chi connectivity index (χ3v) is 3.48. The number of para-hydroxylation sites is 1. The van der Waals surface area contributed by atoms with Crippen molar-refractivity contribution in [1.29, 1.82) is 0 Å². The van der Waals surface area contributed by atoms with Crippen LogP contribution in [-0.4, -0.2) is 7.05 Å². The first-order valence-electron chi connectivity index (χ1n) is 6.88. The van der Waals surface area contributed by atoms with Gasteiger partial charge in [0.2, 0.25) is 0 Å². The average molecular weight is 263 g/mol. The second kappa shape index (κ2) is 6.76. The van der Waals surface area contributed by atoms with Crippen LogP contribution in [0.4, 0.5) is 5.69 Å². The molecule has 2 aromatic rings. The molecule has 20 heavy (non-hydrogen) atoms. The Hall–Kier alpha value is -2.28. The maximum atomic E-state index is 2.19. The lowest BCUT2D eigenvalue weighted by molar-refractivity contribution is 1.09. The van der Waals surface area contributed by atoms with E-state index in [1.807, 2.05) is 12.1 Å². The Morgan fingerprint density at radius 1 is 0.800 bits per heavy atom. The van der Waals surface area contributed by atoms with Gasteiger partial charge in [-0.15, -0.1) is 0 Å². The van der Waals surface area contributed by atoms with Crippen LogP contribution in [0.1, 0.15) is 19.4 Å². The van der Waals surface area contributed by atoms with E-state index in [4.69, 9.17) is 0 Å². The molecule has 0 radical (unpaired) electrons. The summed E-state index contributed by atoms with van der Waals surface area (Å²) in [4.78, 5) is 2.19. The minimum atomic E-state index is 1.20. The van der Waals surface area contributed by atoms with Crippen LogP contribution in [-0.2, 0) is 0 Å². The largest absolute Gasteiger partial charge is 0.348 e. The van der Waals surface area contributed by atoms with Gasteiger partial charge in [0.15, 0.2) is 0 Å². The lowest BCUT2D eigenvalue weighted by atomic mass is 10.1. The fourth-order valence-electron chi connectivity index (χ4n) is 2.01. The Labute approximate surface area is 121 Å². The fraction of sp³-hybridized carbons (Fsp3) is 0.158. The highest BCUT2D eigenvalue weighted by atomic mass is 15.1. The van der Waals surface area contributed by atoms with E-state index in [2.05, 4.69) is 86.5 Å². The van der Waals surface area contributed by atoms with Crippen LogP contribution in [0.25, 0.3) is 5.57 Å². The van der Waals surface area contributed by atoms with Crippen molar-refractivity contribution in [2.24, 2.45) is 0 Å². The molecule has 1 nitrogen and oxygen atoms in total. The predicted molar refractivity (Wildman–Crippen MR) is 88.7 cm³/mol. The molecule has 0 saturated heterocycles. The topological polar surface area (TPSA) is 3.24 Å². The van der Waals surface area contributed by atoms with Gasteiger partial charge in [-0.25, -0.2) is 0 Å². The molecule has 0 aliphatic rings. The highest BCUT2D eigenvalue weighted by molar-refractivity contribution is 5.65. The second-order valence-electron chi connectivity index (χ2n) is 4.92. The average Bonchev–Trinajstić information content (AvgIpc) is 2.53. The van der Waals surface area contributed by atoms with Crippen LogP contribution in [0.5, 0.6) is 0 Å². The quantitative estimate of drug-likeness (QED) is 0.691. The van der Waals surface area contributed by atoms with Crippen molar-refractivity contribution in [3.05, 3.63) is 84.1 Å². The molecule has 0 aliphatic carbocycles. The zero-order chi connectivity index (χ0) is 14.4. The van der Waals surface area contributed by atoms with Gasteiger partial charge >= 0.3 is 0 Å². The second-order valence-corrected chi connectivity index (χ2v) is 4.92. The van der Waals surface area contributed by atoms with Crippen LogP contribution >= 0.6 is 0 Å². The molecular formula is C19H21N. The maximum absolute atomic E-state index is 2.19. The zero-order valence-corrected chi connectivity index (χ0v) is 12.4. The molecule has 102 valence electrons. The fourth-order valence-corrected chi connectivity index (χ4v) is 2.01. The normalized spacial score (nSPS) is 12.3. The van der Waals surface area contributed by atoms with Crippen molar-refractivity contribution in [2.45, 2.75) is 13.8 Å². The molecule has 0 bridgehead atoms. The van der Waals surface area contributed by atoms with E-state index in [0.29, 0.717) is 0 Å². The van der Waals surface area contributed by atoms with Crippen molar-refractivity contribution in [2.75, 3.05) is 11.9 Å². The molecule has 0 atom stereocenters. The summed E-state index contributed by atoms with van der Waals surface area (Å²) in [7, 11) is 2.09. The SMILES string of the molecule is C/C(=C\C=C(/C)N(C)c1ccccc1)c1ccccc1. The van der Waals surface area contributed by atoms with E-state index < -0.39 is 0 Å². The van der Waals surface area contributed by atoms with Crippen LogP contribution in [0.15, 0.2) is 78.5 Å². The molecular weight excluding hydrogens is 242 g/mol. The first kappa shape index (κ1) is 14.1. The molecule has 1 heteroatoms. The van der Waals surface area contributed by atoms with Crippen LogP contribution in [0, 0.1) is 0 Å². The number of rotatable bonds is 4. The van der Waals surface area contributed by atoms with E-state index >= 15 is 0 Å². The summed E-state index contributed by atoms with van der Waals surface area (Å²) in [5.41, 5.74) is 4.95.